The maximum Gasteiger partial charge on any atom is 0.256 e. The van der Waals surface area contributed by atoms with Crippen LogP contribution in [0.15, 0.2) is 41.2 Å². The van der Waals surface area contributed by atoms with E-state index >= 15 is 0 Å². The van der Waals surface area contributed by atoms with Gasteiger partial charge in [-0.2, -0.15) is 15.0 Å². The summed E-state index contributed by atoms with van der Waals surface area (Å²) in [5, 5.41) is 23.0. The van der Waals surface area contributed by atoms with Crippen molar-refractivity contribution in [2.45, 2.75) is 51.2 Å². The minimum atomic E-state index is -1.08. The highest BCUT2D eigenvalue weighted by Gasteiger charge is 2.34. The predicted octanol–water partition coefficient (Wildman–Crippen LogP) is 3.54. The van der Waals surface area contributed by atoms with E-state index in [1.54, 1.807) is 50.5 Å². The van der Waals surface area contributed by atoms with Crippen LogP contribution in [-0.4, -0.2) is 48.7 Å². The normalized spacial score (nSPS) is 19.8. The van der Waals surface area contributed by atoms with E-state index in [4.69, 9.17) is 16.1 Å². The average molecular weight is 430 g/mol. The number of aliphatic hydroxyl groups is 1. The van der Waals surface area contributed by atoms with Crippen molar-refractivity contribution < 1.29 is 14.4 Å². The highest BCUT2D eigenvalue weighted by Crippen LogP contribution is 2.33. The Balaban J connectivity index is 1.63. The molecule has 0 unspecified atom stereocenters. The van der Waals surface area contributed by atoms with Crippen molar-refractivity contribution in [1.82, 2.24) is 25.1 Å². The molecule has 1 amide bonds. The molecular formula is C21H24ClN5O3. The second kappa shape index (κ2) is 7.85. The summed E-state index contributed by atoms with van der Waals surface area (Å²) in [6, 6.07) is 6.95. The van der Waals surface area contributed by atoms with Gasteiger partial charge in [-0.05, 0) is 51.8 Å². The molecule has 1 aliphatic rings. The molecule has 1 aromatic carbocycles. The zero-order valence-electron chi connectivity index (χ0n) is 17.1. The summed E-state index contributed by atoms with van der Waals surface area (Å²) in [6.07, 6.45) is 4.82. The van der Waals surface area contributed by atoms with Crippen molar-refractivity contribution in [2.24, 2.45) is 0 Å². The van der Waals surface area contributed by atoms with Crippen LogP contribution in [-0.2, 0) is 5.60 Å². The van der Waals surface area contributed by atoms with Gasteiger partial charge in [0.15, 0.2) is 0 Å². The van der Waals surface area contributed by atoms with Crippen LogP contribution in [0.4, 0.5) is 0 Å². The first-order chi connectivity index (χ1) is 14.2. The minimum absolute atomic E-state index is 0.000729. The van der Waals surface area contributed by atoms with Gasteiger partial charge < -0.3 is 14.5 Å². The molecule has 0 saturated carbocycles. The Hall–Kier alpha value is -2.71. The summed E-state index contributed by atoms with van der Waals surface area (Å²) in [4.78, 5) is 16.8. The molecule has 8 nitrogen and oxygen atoms in total. The molecule has 4 rings (SSSR count). The van der Waals surface area contributed by atoms with E-state index in [0.29, 0.717) is 34.3 Å². The first kappa shape index (κ1) is 20.6. The van der Waals surface area contributed by atoms with Crippen LogP contribution < -0.4 is 0 Å². The molecule has 3 aromatic rings. The Morgan fingerprint density at radius 2 is 1.97 bits per heavy atom. The lowest BCUT2D eigenvalue weighted by molar-refractivity contribution is 0.0595. The second-order valence-electron chi connectivity index (χ2n) is 8.23. The van der Waals surface area contributed by atoms with E-state index < -0.39 is 5.60 Å². The van der Waals surface area contributed by atoms with E-state index in [0.717, 1.165) is 12.8 Å². The van der Waals surface area contributed by atoms with Crippen LogP contribution >= 0.6 is 11.6 Å². The van der Waals surface area contributed by atoms with Gasteiger partial charge in [-0.1, -0.05) is 16.8 Å². The van der Waals surface area contributed by atoms with Crippen LogP contribution in [0.5, 0.6) is 0 Å². The fraction of sp³-hybridized carbons (Fsp3) is 0.429. The SMILES string of the molecule is C[C@@H]1CC[C@@H](c2cc(C(C)(C)O)no2)CN1C(=O)c1cc(Cl)ccc1-n1nccn1. The number of hydrogen-bond acceptors (Lipinski definition) is 6. The third kappa shape index (κ3) is 3.97. The smallest absolute Gasteiger partial charge is 0.256 e. The topological polar surface area (TPSA) is 97.3 Å². The standard InChI is InChI=1S/C21H24ClN5O3/c1-13-4-5-14(18-11-19(25-30-18)21(2,3)29)12-26(13)20(28)16-10-15(22)6-7-17(16)27-23-8-9-24-27/h6-11,13-14,29H,4-5,12H2,1-3H3/t13-,14-/m1/s1. The van der Waals surface area contributed by atoms with Crippen molar-refractivity contribution in [1.29, 1.82) is 0 Å². The fourth-order valence-corrected chi connectivity index (χ4v) is 3.91. The number of carbonyl (C=O) groups excluding carboxylic acids is 1. The van der Waals surface area contributed by atoms with E-state index in [9.17, 15) is 9.90 Å². The van der Waals surface area contributed by atoms with Crippen molar-refractivity contribution in [3.05, 3.63) is 58.7 Å². The molecule has 2 aromatic heterocycles. The monoisotopic (exact) mass is 429 g/mol. The fourth-order valence-electron chi connectivity index (χ4n) is 3.74. The molecule has 2 atom stereocenters. The number of nitrogens with zero attached hydrogens (tertiary/aromatic N) is 5. The molecule has 30 heavy (non-hydrogen) atoms. The number of rotatable bonds is 4. The molecule has 3 heterocycles. The molecule has 1 saturated heterocycles. The van der Waals surface area contributed by atoms with Gasteiger partial charge in [0.05, 0.1) is 23.6 Å². The third-order valence-corrected chi connectivity index (χ3v) is 5.76. The van der Waals surface area contributed by atoms with Crippen molar-refractivity contribution in [2.75, 3.05) is 6.54 Å². The van der Waals surface area contributed by atoms with Gasteiger partial charge in [-0.3, -0.25) is 4.79 Å². The summed E-state index contributed by atoms with van der Waals surface area (Å²) >= 11 is 6.20. The number of amides is 1. The highest BCUT2D eigenvalue weighted by atomic mass is 35.5. The van der Waals surface area contributed by atoms with Crippen molar-refractivity contribution >= 4 is 17.5 Å². The molecule has 0 aliphatic carbocycles. The summed E-state index contributed by atoms with van der Waals surface area (Å²) in [7, 11) is 0. The summed E-state index contributed by atoms with van der Waals surface area (Å²) < 4.78 is 5.51. The van der Waals surface area contributed by atoms with E-state index in [2.05, 4.69) is 15.4 Å². The molecule has 0 bridgehead atoms. The average Bonchev–Trinajstić information content (AvgIpc) is 3.39. The van der Waals surface area contributed by atoms with E-state index in [-0.39, 0.29) is 17.9 Å². The Labute approximate surface area is 179 Å². The van der Waals surface area contributed by atoms with Crippen LogP contribution in [0.1, 0.15) is 61.3 Å². The zero-order valence-corrected chi connectivity index (χ0v) is 17.9. The number of likely N-dealkylation sites (tertiary alicyclic amines) is 1. The van der Waals surface area contributed by atoms with Crippen molar-refractivity contribution in [3.8, 4) is 5.69 Å². The molecular weight excluding hydrogens is 406 g/mol. The summed E-state index contributed by atoms with van der Waals surface area (Å²) in [6.45, 7) is 5.85. The molecule has 9 heteroatoms. The van der Waals surface area contributed by atoms with Crippen LogP contribution in [0, 0.1) is 0 Å². The van der Waals surface area contributed by atoms with Gasteiger partial charge >= 0.3 is 0 Å². The van der Waals surface area contributed by atoms with E-state index in [1.165, 1.54) is 4.80 Å². The van der Waals surface area contributed by atoms with Gasteiger partial charge in [0, 0.05) is 29.6 Å². The maximum atomic E-state index is 13.5. The largest absolute Gasteiger partial charge is 0.384 e. The van der Waals surface area contributed by atoms with Crippen LogP contribution in [0.25, 0.3) is 5.69 Å². The molecule has 1 N–H and O–H groups in total. The van der Waals surface area contributed by atoms with Gasteiger partial charge in [-0.25, -0.2) is 0 Å². The lowest BCUT2D eigenvalue weighted by Crippen LogP contribution is -2.45. The first-order valence-electron chi connectivity index (χ1n) is 9.90. The molecule has 158 valence electrons. The number of halogens is 1. The van der Waals surface area contributed by atoms with Crippen LogP contribution in [0.3, 0.4) is 0 Å². The molecule has 1 aliphatic heterocycles. The summed E-state index contributed by atoms with van der Waals surface area (Å²) in [5.74, 6) is 0.542. The first-order valence-corrected chi connectivity index (χ1v) is 10.3. The molecule has 0 radical (unpaired) electrons. The summed E-state index contributed by atoms with van der Waals surface area (Å²) in [5.41, 5.74) is 0.426. The second-order valence-corrected chi connectivity index (χ2v) is 8.67. The van der Waals surface area contributed by atoms with Gasteiger partial charge in [0.25, 0.3) is 5.91 Å². The number of piperidine rings is 1. The number of carbonyl (C=O) groups is 1. The highest BCUT2D eigenvalue weighted by molar-refractivity contribution is 6.31. The van der Waals surface area contributed by atoms with Crippen LogP contribution in [0.2, 0.25) is 5.02 Å². The quantitative estimate of drug-likeness (QED) is 0.681. The molecule has 1 fully saturated rings. The molecule has 0 spiro atoms. The van der Waals surface area contributed by atoms with Gasteiger partial charge in [0.2, 0.25) is 0 Å². The number of benzene rings is 1. The lowest BCUT2D eigenvalue weighted by Gasteiger charge is -2.37. The number of hydrogen-bond donors (Lipinski definition) is 1. The predicted molar refractivity (Wildman–Crippen MR) is 111 cm³/mol. The zero-order chi connectivity index (χ0) is 21.5. The Morgan fingerprint density at radius 1 is 1.23 bits per heavy atom. The Bertz CT molecular complexity index is 1040. The van der Waals surface area contributed by atoms with Crippen molar-refractivity contribution in [3.63, 3.8) is 0 Å². The van der Waals surface area contributed by atoms with Gasteiger partial charge in [-0.15, -0.1) is 0 Å². The maximum absolute atomic E-state index is 13.5. The van der Waals surface area contributed by atoms with E-state index in [1.807, 2.05) is 11.8 Å². The Morgan fingerprint density at radius 3 is 2.63 bits per heavy atom. The lowest BCUT2D eigenvalue weighted by atomic mass is 9.90. The Kier molecular flexibility index (Phi) is 5.38. The van der Waals surface area contributed by atoms with Gasteiger partial charge in [0.1, 0.15) is 17.1 Å². The third-order valence-electron chi connectivity index (χ3n) is 5.52. The minimum Gasteiger partial charge on any atom is -0.384 e. The number of aromatic nitrogens is 4.